The van der Waals surface area contributed by atoms with Gasteiger partial charge in [0.15, 0.2) is 0 Å². The van der Waals surface area contributed by atoms with Crippen molar-refractivity contribution in [3.63, 3.8) is 0 Å². The average molecular weight is 292 g/mol. The normalized spacial score (nSPS) is 10.6. The summed E-state index contributed by atoms with van der Waals surface area (Å²) in [4.78, 5) is 0. The fraction of sp³-hybridized carbons (Fsp3) is 0.0526. The van der Waals surface area contributed by atoms with E-state index in [1.165, 1.54) is 0 Å². The highest BCUT2D eigenvalue weighted by Gasteiger charge is 2.18. The first kappa shape index (κ1) is 14.0. The Morgan fingerprint density at radius 2 is 1.14 bits per heavy atom. The van der Waals surface area contributed by atoms with Crippen LogP contribution in [0.2, 0.25) is 0 Å². The van der Waals surface area contributed by atoms with E-state index in [2.05, 4.69) is 0 Å². The van der Waals surface area contributed by atoms with E-state index in [-0.39, 0.29) is 17.2 Å². The van der Waals surface area contributed by atoms with Crippen LogP contribution in [-0.4, -0.2) is 15.3 Å². The quantitative estimate of drug-likeness (QED) is 0.654. The molecule has 3 nitrogen and oxygen atoms in total. The lowest BCUT2D eigenvalue weighted by molar-refractivity contribution is 0.466. The van der Waals surface area contributed by atoms with Gasteiger partial charge in [-0.3, -0.25) is 0 Å². The van der Waals surface area contributed by atoms with Gasteiger partial charge in [-0.05, 0) is 30.2 Å². The first-order valence-electron chi connectivity index (χ1n) is 6.99. The average Bonchev–Trinajstić information content (AvgIpc) is 2.52. The third kappa shape index (κ3) is 2.27. The summed E-state index contributed by atoms with van der Waals surface area (Å²) < 4.78 is 0. The Hall–Kier alpha value is -2.94. The largest absolute Gasteiger partial charge is 0.507 e. The summed E-state index contributed by atoms with van der Waals surface area (Å²) in [7, 11) is 0. The zero-order valence-corrected chi connectivity index (χ0v) is 12.1. The molecule has 22 heavy (non-hydrogen) atoms. The summed E-state index contributed by atoms with van der Waals surface area (Å²) in [5.74, 6) is 0.310. The fourth-order valence-electron chi connectivity index (χ4n) is 2.58. The van der Waals surface area contributed by atoms with Gasteiger partial charge in [-0.1, -0.05) is 48.5 Å². The first-order valence-corrected chi connectivity index (χ1v) is 6.99. The van der Waals surface area contributed by atoms with E-state index < -0.39 is 0 Å². The molecule has 3 N–H and O–H groups in total. The van der Waals surface area contributed by atoms with Crippen LogP contribution in [0, 0.1) is 6.92 Å². The lowest BCUT2D eigenvalue weighted by Gasteiger charge is -2.16. The van der Waals surface area contributed by atoms with Crippen LogP contribution in [0.15, 0.2) is 60.7 Å². The molecule has 3 rings (SSSR count). The Balaban J connectivity index is 2.36. The van der Waals surface area contributed by atoms with Crippen molar-refractivity contribution in [1.82, 2.24) is 0 Å². The van der Waals surface area contributed by atoms with E-state index in [0.717, 1.165) is 0 Å². The molecule has 0 bridgehead atoms. The highest BCUT2D eigenvalue weighted by Crippen LogP contribution is 2.45. The number of benzene rings is 3. The Labute approximate surface area is 128 Å². The second-order valence-electron chi connectivity index (χ2n) is 5.19. The fourth-order valence-corrected chi connectivity index (χ4v) is 2.58. The molecule has 0 unspecified atom stereocenters. The molecule has 0 spiro atoms. The number of aromatic hydroxyl groups is 3. The third-order valence-electron chi connectivity index (χ3n) is 3.75. The van der Waals surface area contributed by atoms with Crippen molar-refractivity contribution in [2.24, 2.45) is 0 Å². The number of para-hydroxylation sites is 2. The molecule has 0 aliphatic carbocycles. The SMILES string of the molecule is Cc1ccc(-c2ccccc2O)c(-c2ccccc2O)c1O. The summed E-state index contributed by atoms with van der Waals surface area (Å²) in [5, 5.41) is 30.8. The molecule has 0 saturated heterocycles. The van der Waals surface area contributed by atoms with E-state index in [0.29, 0.717) is 27.8 Å². The van der Waals surface area contributed by atoms with Crippen LogP contribution < -0.4 is 0 Å². The predicted octanol–water partition coefficient (Wildman–Crippen LogP) is 4.45. The van der Waals surface area contributed by atoms with Crippen LogP contribution in [0.25, 0.3) is 22.3 Å². The van der Waals surface area contributed by atoms with Gasteiger partial charge in [0.05, 0.1) is 0 Å². The third-order valence-corrected chi connectivity index (χ3v) is 3.75. The van der Waals surface area contributed by atoms with Crippen molar-refractivity contribution >= 4 is 0 Å². The van der Waals surface area contributed by atoms with Crippen molar-refractivity contribution in [3.8, 4) is 39.5 Å². The molecule has 0 aliphatic rings. The molecule has 0 atom stereocenters. The lowest BCUT2D eigenvalue weighted by Crippen LogP contribution is -1.90. The minimum absolute atomic E-state index is 0.0834. The van der Waals surface area contributed by atoms with Gasteiger partial charge >= 0.3 is 0 Å². The Morgan fingerprint density at radius 3 is 1.73 bits per heavy atom. The first-order chi connectivity index (χ1) is 10.6. The van der Waals surface area contributed by atoms with Crippen LogP contribution in [0.1, 0.15) is 5.56 Å². The molecule has 0 fully saturated rings. The van der Waals surface area contributed by atoms with Gasteiger partial charge in [0.2, 0.25) is 0 Å². The van der Waals surface area contributed by atoms with Crippen LogP contribution >= 0.6 is 0 Å². The predicted molar refractivity (Wildman–Crippen MR) is 87.0 cm³/mol. The number of aryl methyl sites for hydroxylation is 1. The summed E-state index contributed by atoms with van der Waals surface area (Å²) in [6, 6.07) is 17.4. The van der Waals surface area contributed by atoms with E-state index in [1.54, 1.807) is 55.5 Å². The van der Waals surface area contributed by atoms with Gasteiger partial charge < -0.3 is 15.3 Å². The molecule has 3 aromatic carbocycles. The molecule has 0 amide bonds. The molecule has 0 radical (unpaired) electrons. The molecule has 0 aromatic heterocycles. The summed E-state index contributed by atoms with van der Waals surface area (Å²) >= 11 is 0. The summed E-state index contributed by atoms with van der Waals surface area (Å²) in [6.45, 7) is 1.80. The summed E-state index contributed by atoms with van der Waals surface area (Å²) in [6.07, 6.45) is 0. The number of phenolic OH excluding ortho intramolecular Hbond substituents is 3. The van der Waals surface area contributed by atoms with Crippen molar-refractivity contribution in [1.29, 1.82) is 0 Å². The maximum Gasteiger partial charge on any atom is 0.127 e. The molecule has 3 aromatic rings. The van der Waals surface area contributed by atoms with Crippen molar-refractivity contribution in [2.45, 2.75) is 6.92 Å². The topological polar surface area (TPSA) is 60.7 Å². The van der Waals surface area contributed by atoms with Crippen LogP contribution in [0.5, 0.6) is 17.2 Å². The Morgan fingerprint density at radius 1 is 0.591 bits per heavy atom. The molecular formula is C19H16O3. The molecule has 0 heterocycles. The molecule has 0 aliphatic heterocycles. The van der Waals surface area contributed by atoms with Gasteiger partial charge in [-0.2, -0.15) is 0 Å². The van der Waals surface area contributed by atoms with Gasteiger partial charge in [0, 0.05) is 16.7 Å². The second kappa shape index (κ2) is 5.45. The van der Waals surface area contributed by atoms with Crippen molar-refractivity contribution < 1.29 is 15.3 Å². The maximum atomic E-state index is 10.5. The second-order valence-corrected chi connectivity index (χ2v) is 5.19. The Bertz CT molecular complexity index is 838. The zero-order valence-electron chi connectivity index (χ0n) is 12.1. The minimum Gasteiger partial charge on any atom is -0.507 e. The van der Waals surface area contributed by atoms with Gasteiger partial charge in [0.1, 0.15) is 17.2 Å². The molecule has 3 heteroatoms. The van der Waals surface area contributed by atoms with Crippen molar-refractivity contribution in [3.05, 3.63) is 66.2 Å². The van der Waals surface area contributed by atoms with Crippen LogP contribution in [0.3, 0.4) is 0 Å². The van der Waals surface area contributed by atoms with Crippen LogP contribution in [-0.2, 0) is 0 Å². The van der Waals surface area contributed by atoms with E-state index in [1.807, 2.05) is 12.1 Å². The van der Waals surface area contributed by atoms with Crippen LogP contribution in [0.4, 0.5) is 0 Å². The van der Waals surface area contributed by atoms with Gasteiger partial charge in [-0.25, -0.2) is 0 Å². The number of rotatable bonds is 2. The van der Waals surface area contributed by atoms with E-state index in [4.69, 9.17) is 0 Å². The monoisotopic (exact) mass is 292 g/mol. The molecule has 0 saturated carbocycles. The maximum absolute atomic E-state index is 10.5. The van der Waals surface area contributed by atoms with Crippen molar-refractivity contribution in [2.75, 3.05) is 0 Å². The minimum atomic E-state index is 0.0834. The molecular weight excluding hydrogens is 276 g/mol. The lowest BCUT2D eigenvalue weighted by atomic mass is 9.91. The highest BCUT2D eigenvalue weighted by molar-refractivity contribution is 5.92. The smallest absolute Gasteiger partial charge is 0.127 e. The number of hydrogen-bond acceptors (Lipinski definition) is 3. The standard InChI is InChI=1S/C19H16O3/c1-12-10-11-14(13-6-2-4-8-16(13)20)18(19(12)22)15-7-3-5-9-17(15)21/h2-11,20-22H,1H3. The van der Waals surface area contributed by atoms with Gasteiger partial charge in [-0.15, -0.1) is 0 Å². The highest BCUT2D eigenvalue weighted by atomic mass is 16.3. The van der Waals surface area contributed by atoms with E-state index in [9.17, 15) is 15.3 Å². The number of phenols is 3. The molecule has 110 valence electrons. The summed E-state index contributed by atoms with van der Waals surface area (Å²) in [5.41, 5.74) is 3.03. The van der Waals surface area contributed by atoms with E-state index >= 15 is 0 Å². The number of hydrogen-bond donors (Lipinski definition) is 3. The van der Waals surface area contributed by atoms with Gasteiger partial charge in [0.25, 0.3) is 0 Å². The zero-order chi connectivity index (χ0) is 15.7. The Kier molecular flexibility index (Phi) is 3.47.